The summed E-state index contributed by atoms with van der Waals surface area (Å²) < 4.78 is 0.884. The first kappa shape index (κ1) is 12.5. The van der Waals surface area contributed by atoms with Gasteiger partial charge in [-0.05, 0) is 28.1 Å². The number of halogens is 1. The largest absolute Gasteiger partial charge is 0.357 e. The van der Waals surface area contributed by atoms with E-state index in [1.165, 1.54) is 5.39 Å². The van der Waals surface area contributed by atoms with Crippen molar-refractivity contribution in [3.8, 4) is 0 Å². The Balaban J connectivity index is 1.96. The molecule has 0 spiro atoms. The third-order valence-electron chi connectivity index (χ3n) is 2.65. The number of hydrogen-bond donors (Lipinski definition) is 2. The van der Waals surface area contributed by atoms with Crippen molar-refractivity contribution in [2.45, 2.75) is 10.1 Å². The molecule has 0 aliphatic heterocycles. The molecule has 3 rings (SSSR count). The summed E-state index contributed by atoms with van der Waals surface area (Å²) in [6.07, 6.45) is 1.75. The zero-order chi connectivity index (χ0) is 13.2. The van der Waals surface area contributed by atoms with Crippen molar-refractivity contribution in [1.82, 2.24) is 15.0 Å². The number of nitrogens with one attached hydrogen (secondary N) is 2. The Morgan fingerprint density at radius 1 is 1.32 bits per heavy atom. The lowest BCUT2D eigenvalue weighted by Gasteiger charge is -2.03. The van der Waals surface area contributed by atoms with Crippen molar-refractivity contribution >= 4 is 44.5 Å². The Bertz CT molecular complexity index is 692. The van der Waals surface area contributed by atoms with Crippen molar-refractivity contribution in [2.75, 3.05) is 12.4 Å². The number of fused-ring (bicyclic) bond motifs is 1. The summed E-state index contributed by atoms with van der Waals surface area (Å²) in [5, 5.41) is 6.08. The van der Waals surface area contributed by atoms with Gasteiger partial charge in [0.25, 0.3) is 0 Å². The van der Waals surface area contributed by atoms with Crippen molar-refractivity contribution in [3.63, 3.8) is 0 Å². The molecular weight excluding hydrogens is 324 g/mol. The molecule has 19 heavy (non-hydrogen) atoms. The van der Waals surface area contributed by atoms with Crippen LogP contribution in [0.5, 0.6) is 0 Å². The van der Waals surface area contributed by atoms with Crippen LogP contribution in [0.15, 0.2) is 51.1 Å². The molecule has 4 nitrogen and oxygen atoms in total. The minimum absolute atomic E-state index is 0.613. The van der Waals surface area contributed by atoms with Gasteiger partial charge in [-0.3, -0.25) is 0 Å². The average Bonchev–Trinajstić information content (AvgIpc) is 2.83. The van der Waals surface area contributed by atoms with Crippen LogP contribution in [0.4, 0.5) is 5.95 Å². The normalized spacial score (nSPS) is 10.8. The van der Waals surface area contributed by atoms with Crippen LogP contribution in [0.1, 0.15) is 0 Å². The van der Waals surface area contributed by atoms with E-state index in [-0.39, 0.29) is 0 Å². The number of anilines is 1. The molecule has 96 valence electrons. The van der Waals surface area contributed by atoms with Gasteiger partial charge in [-0.15, -0.1) is 0 Å². The van der Waals surface area contributed by atoms with Gasteiger partial charge in [0.05, 0.1) is 9.50 Å². The molecule has 0 aliphatic rings. The van der Waals surface area contributed by atoms with Crippen LogP contribution < -0.4 is 5.32 Å². The third kappa shape index (κ3) is 2.59. The first-order chi connectivity index (χ1) is 9.26. The zero-order valence-corrected chi connectivity index (χ0v) is 12.5. The maximum Gasteiger partial charge on any atom is 0.223 e. The Morgan fingerprint density at radius 2 is 2.16 bits per heavy atom. The van der Waals surface area contributed by atoms with Crippen LogP contribution in [-0.4, -0.2) is 22.0 Å². The van der Waals surface area contributed by atoms with E-state index in [0.717, 1.165) is 20.0 Å². The Hall–Kier alpha value is -1.53. The molecule has 0 saturated carbocycles. The lowest BCUT2D eigenvalue weighted by atomic mass is 10.3. The van der Waals surface area contributed by atoms with E-state index in [1.807, 2.05) is 12.1 Å². The lowest BCUT2D eigenvalue weighted by Crippen LogP contribution is -1.97. The van der Waals surface area contributed by atoms with Gasteiger partial charge in [0.1, 0.15) is 5.03 Å². The second kappa shape index (κ2) is 5.22. The van der Waals surface area contributed by atoms with Crippen LogP contribution in [0, 0.1) is 0 Å². The fraction of sp³-hybridized carbons (Fsp3) is 0.0769. The number of rotatable bonds is 3. The minimum atomic E-state index is 0.613. The number of hydrogen-bond acceptors (Lipinski definition) is 4. The monoisotopic (exact) mass is 334 g/mol. The first-order valence-electron chi connectivity index (χ1n) is 5.72. The van der Waals surface area contributed by atoms with Crippen molar-refractivity contribution in [1.29, 1.82) is 0 Å². The van der Waals surface area contributed by atoms with E-state index >= 15 is 0 Å². The van der Waals surface area contributed by atoms with E-state index in [1.54, 1.807) is 25.0 Å². The molecule has 2 heterocycles. The fourth-order valence-electron chi connectivity index (χ4n) is 1.75. The fourth-order valence-corrected chi connectivity index (χ4v) is 3.02. The van der Waals surface area contributed by atoms with Gasteiger partial charge in [-0.1, -0.05) is 30.0 Å². The Kier molecular flexibility index (Phi) is 3.44. The summed E-state index contributed by atoms with van der Waals surface area (Å²) in [4.78, 5) is 11.9. The molecule has 0 radical (unpaired) electrons. The van der Waals surface area contributed by atoms with Crippen LogP contribution in [0.25, 0.3) is 10.9 Å². The summed E-state index contributed by atoms with van der Waals surface area (Å²) >= 11 is 5.05. The smallest absolute Gasteiger partial charge is 0.223 e. The molecule has 0 atom stereocenters. The van der Waals surface area contributed by atoms with Gasteiger partial charge in [-0.2, -0.15) is 0 Å². The number of nitrogens with zero attached hydrogens (tertiary/aromatic N) is 2. The van der Waals surface area contributed by atoms with E-state index in [9.17, 15) is 0 Å². The Morgan fingerprint density at radius 3 is 2.95 bits per heavy atom. The molecule has 0 saturated heterocycles. The maximum absolute atomic E-state index is 4.43. The number of benzene rings is 1. The minimum Gasteiger partial charge on any atom is -0.357 e. The van der Waals surface area contributed by atoms with Gasteiger partial charge >= 0.3 is 0 Å². The maximum atomic E-state index is 4.43. The average molecular weight is 335 g/mol. The molecule has 2 aromatic heterocycles. The van der Waals surface area contributed by atoms with Crippen molar-refractivity contribution in [3.05, 3.63) is 41.0 Å². The molecule has 0 amide bonds. The lowest BCUT2D eigenvalue weighted by molar-refractivity contribution is 1.02. The van der Waals surface area contributed by atoms with Gasteiger partial charge in [0.15, 0.2) is 0 Å². The quantitative estimate of drug-likeness (QED) is 0.713. The van der Waals surface area contributed by atoms with E-state index in [0.29, 0.717) is 5.95 Å². The van der Waals surface area contributed by atoms with Gasteiger partial charge in [0, 0.05) is 24.1 Å². The number of H-pyrrole nitrogens is 1. The highest BCUT2D eigenvalue weighted by molar-refractivity contribution is 9.10. The molecule has 0 unspecified atom stereocenters. The highest BCUT2D eigenvalue weighted by atomic mass is 79.9. The summed E-state index contributed by atoms with van der Waals surface area (Å²) in [6, 6.07) is 10.3. The zero-order valence-electron chi connectivity index (χ0n) is 10.1. The molecule has 2 N–H and O–H groups in total. The van der Waals surface area contributed by atoms with Crippen molar-refractivity contribution < 1.29 is 0 Å². The molecule has 0 bridgehead atoms. The van der Waals surface area contributed by atoms with E-state index in [4.69, 9.17) is 0 Å². The Labute approximate surface area is 123 Å². The number of aromatic amines is 1. The standard InChI is InChI=1S/C13H11BrN4S/c1-15-13-16-7-9(14)12(18-13)19-11-6-8-4-2-3-5-10(8)17-11/h2-7,17H,1H3,(H,15,16,18). The molecule has 6 heteroatoms. The number of para-hydroxylation sites is 1. The van der Waals surface area contributed by atoms with Crippen LogP contribution in [-0.2, 0) is 0 Å². The van der Waals surface area contributed by atoms with Gasteiger partial charge in [0.2, 0.25) is 5.95 Å². The van der Waals surface area contributed by atoms with Crippen LogP contribution in [0.2, 0.25) is 0 Å². The molecular formula is C13H11BrN4S. The summed E-state index contributed by atoms with van der Waals surface area (Å²) in [6.45, 7) is 0. The van der Waals surface area contributed by atoms with Gasteiger partial charge in [-0.25, -0.2) is 9.97 Å². The molecule has 1 aromatic carbocycles. The topological polar surface area (TPSA) is 53.6 Å². The summed E-state index contributed by atoms with van der Waals surface area (Å²) in [5.41, 5.74) is 1.13. The first-order valence-corrected chi connectivity index (χ1v) is 7.33. The summed E-state index contributed by atoms with van der Waals surface area (Å²) in [7, 11) is 1.81. The second-order valence-corrected chi connectivity index (χ2v) is 5.80. The number of aromatic nitrogens is 3. The third-order valence-corrected chi connectivity index (χ3v) is 4.43. The highest BCUT2D eigenvalue weighted by Crippen LogP contribution is 2.33. The molecule has 0 fully saturated rings. The highest BCUT2D eigenvalue weighted by Gasteiger charge is 2.08. The SMILES string of the molecule is CNc1ncc(Br)c(Sc2cc3ccccc3[nH]2)n1. The summed E-state index contributed by atoms with van der Waals surface area (Å²) in [5.74, 6) is 0.613. The van der Waals surface area contributed by atoms with Gasteiger partial charge < -0.3 is 10.3 Å². The molecule has 0 aliphatic carbocycles. The van der Waals surface area contributed by atoms with E-state index < -0.39 is 0 Å². The van der Waals surface area contributed by atoms with Crippen LogP contribution in [0.3, 0.4) is 0 Å². The van der Waals surface area contributed by atoms with E-state index in [2.05, 4.69) is 54.4 Å². The second-order valence-electron chi connectivity index (χ2n) is 3.92. The van der Waals surface area contributed by atoms with Crippen molar-refractivity contribution in [2.24, 2.45) is 0 Å². The molecule has 3 aromatic rings. The predicted octanol–water partition coefficient (Wildman–Crippen LogP) is 3.91. The predicted molar refractivity (Wildman–Crippen MR) is 81.7 cm³/mol. The van der Waals surface area contributed by atoms with Crippen LogP contribution >= 0.6 is 27.7 Å².